The van der Waals surface area contributed by atoms with Crippen LogP contribution in [0, 0.1) is 5.92 Å². The average molecular weight is 254 g/mol. The topological polar surface area (TPSA) is 46.2 Å². The molecule has 2 atom stereocenters. The van der Waals surface area contributed by atoms with Gasteiger partial charge < -0.3 is 5.32 Å². The highest BCUT2D eigenvalue weighted by Gasteiger charge is 2.24. The molecule has 1 saturated carbocycles. The molecule has 3 nitrogen and oxygen atoms in total. The summed E-state index contributed by atoms with van der Waals surface area (Å²) in [4.78, 5) is 0. The molecule has 1 aliphatic rings. The maximum atomic E-state index is 11.2. The number of sulfone groups is 1. The molecule has 0 heterocycles. The van der Waals surface area contributed by atoms with Crippen molar-refractivity contribution in [3.63, 3.8) is 0 Å². The smallest absolute Gasteiger partial charge is 0.151 e. The molecule has 0 saturated heterocycles. The van der Waals surface area contributed by atoms with Crippen LogP contribution < -0.4 is 5.32 Å². The van der Waals surface area contributed by atoms with Crippen LogP contribution in [0.2, 0.25) is 0 Å². The second-order valence-corrected chi connectivity index (χ2v) is 7.18. The van der Waals surface area contributed by atoms with Gasteiger partial charge in [0.15, 0.2) is 9.84 Å². The highest BCUT2D eigenvalue weighted by molar-refractivity contribution is 7.91. The number of rotatable bonds is 6. The lowest BCUT2D eigenvalue weighted by atomic mass is 10.1. The molecular formula is C10H20ClNO2S. The Kier molecular flexibility index (Phi) is 5.36. The van der Waals surface area contributed by atoms with E-state index < -0.39 is 9.84 Å². The van der Waals surface area contributed by atoms with E-state index in [1.54, 1.807) is 6.92 Å². The summed E-state index contributed by atoms with van der Waals surface area (Å²) in [5, 5.41) is 3.46. The van der Waals surface area contributed by atoms with Crippen molar-refractivity contribution < 1.29 is 8.42 Å². The monoisotopic (exact) mass is 253 g/mol. The van der Waals surface area contributed by atoms with E-state index in [-0.39, 0.29) is 16.9 Å². The van der Waals surface area contributed by atoms with E-state index in [2.05, 4.69) is 5.32 Å². The van der Waals surface area contributed by atoms with Crippen molar-refractivity contribution in [2.75, 3.05) is 24.6 Å². The lowest BCUT2D eigenvalue weighted by molar-refractivity contribution is 0.502. The minimum atomic E-state index is -2.82. The van der Waals surface area contributed by atoms with Gasteiger partial charge in [-0.3, -0.25) is 0 Å². The average Bonchev–Trinajstić information content (AvgIpc) is 2.59. The van der Waals surface area contributed by atoms with E-state index in [9.17, 15) is 8.42 Å². The molecule has 5 heteroatoms. The van der Waals surface area contributed by atoms with Gasteiger partial charge in [0.05, 0.1) is 5.75 Å². The molecule has 2 unspecified atom stereocenters. The van der Waals surface area contributed by atoms with Gasteiger partial charge in [-0.05, 0) is 25.3 Å². The molecule has 0 aromatic heterocycles. The predicted molar refractivity (Wildman–Crippen MR) is 64.2 cm³/mol. The fraction of sp³-hybridized carbons (Fsp3) is 1.00. The molecule has 15 heavy (non-hydrogen) atoms. The van der Waals surface area contributed by atoms with Gasteiger partial charge in [0.1, 0.15) is 0 Å². The fourth-order valence-corrected chi connectivity index (χ4v) is 2.99. The molecule has 0 aromatic carbocycles. The van der Waals surface area contributed by atoms with E-state index in [0.717, 1.165) is 13.0 Å². The quantitative estimate of drug-likeness (QED) is 0.575. The maximum Gasteiger partial charge on any atom is 0.151 e. The molecule has 0 aliphatic heterocycles. The summed E-state index contributed by atoms with van der Waals surface area (Å²) in [5.41, 5.74) is 0. The highest BCUT2D eigenvalue weighted by atomic mass is 35.5. The van der Waals surface area contributed by atoms with Crippen LogP contribution in [0.5, 0.6) is 0 Å². The highest BCUT2D eigenvalue weighted by Crippen LogP contribution is 2.29. The molecular weight excluding hydrogens is 234 g/mol. The first-order valence-corrected chi connectivity index (χ1v) is 7.86. The molecule has 0 amide bonds. The molecule has 0 aromatic rings. The third-order valence-electron chi connectivity index (χ3n) is 3.00. The van der Waals surface area contributed by atoms with E-state index in [0.29, 0.717) is 12.5 Å². The van der Waals surface area contributed by atoms with Crippen LogP contribution in [0.25, 0.3) is 0 Å². The number of hydrogen-bond donors (Lipinski definition) is 1. The van der Waals surface area contributed by atoms with Gasteiger partial charge in [-0.25, -0.2) is 8.42 Å². The molecule has 1 N–H and O–H groups in total. The van der Waals surface area contributed by atoms with Crippen molar-refractivity contribution in [3.8, 4) is 0 Å². The van der Waals surface area contributed by atoms with Crippen molar-refractivity contribution in [3.05, 3.63) is 0 Å². The number of hydrogen-bond acceptors (Lipinski definition) is 3. The summed E-state index contributed by atoms with van der Waals surface area (Å²) in [6.45, 7) is 3.09. The van der Waals surface area contributed by atoms with E-state index in [4.69, 9.17) is 11.6 Å². The lowest BCUT2D eigenvalue weighted by Gasteiger charge is -2.14. The van der Waals surface area contributed by atoms with Crippen molar-refractivity contribution in [2.45, 2.75) is 31.6 Å². The van der Waals surface area contributed by atoms with Crippen LogP contribution in [-0.4, -0.2) is 38.4 Å². The summed E-state index contributed by atoms with van der Waals surface area (Å²) in [6, 6.07) is 0. The number of halogens is 1. The zero-order valence-electron chi connectivity index (χ0n) is 9.21. The van der Waals surface area contributed by atoms with Gasteiger partial charge in [-0.15, -0.1) is 11.6 Å². The molecule has 1 rings (SSSR count). The third-order valence-corrected chi connectivity index (χ3v) is 5.28. The second-order valence-electron chi connectivity index (χ2n) is 4.15. The Balaban J connectivity index is 2.12. The van der Waals surface area contributed by atoms with Crippen molar-refractivity contribution in [2.24, 2.45) is 5.92 Å². The van der Waals surface area contributed by atoms with E-state index in [1.165, 1.54) is 12.8 Å². The Morgan fingerprint density at radius 1 is 1.40 bits per heavy atom. The predicted octanol–water partition coefficient (Wildman–Crippen LogP) is 1.42. The van der Waals surface area contributed by atoms with Gasteiger partial charge in [0, 0.05) is 17.7 Å². The maximum absolute atomic E-state index is 11.2. The fourth-order valence-electron chi connectivity index (χ4n) is 1.88. The normalized spacial score (nSPS) is 27.1. The molecule has 0 spiro atoms. The lowest BCUT2D eigenvalue weighted by Crippen LogP contribution is -2.30. The first-order chi connectivity index (χ1) is 7.05. The minimum Gasteiger partial charge on any atom is -0.315 e. The van der Waals surface area contributed by atoms with Crippen LogP contribution in [0.15, 0.2) is 0 Å². The summed E-state index contributed by atoms with van der Waals surface area (Å²) in [7, 11) is -2.82. The molecule has 1 fully saturated rings. The van der Waals surface area contributed by atoms with Crippen LogP contribution >= 0.6 is 11.6 Å². The van der Waals surface area contributed by atoms with Crippen molar-refractivity contribution in [1.82, 2.24) is 5.32 Å². The third kappa shape index (κ3) is 4.70. The first-order valence-electron chi connectivity index (χ1n) is 5.60. The number of alkyl halides is 1. The molecule has 1 aliphatic carbocycles. The van der Waals surface area contributed by atoms with Crippen LogP contribution in [0.1, 0.15) is 26.2 Å². The Morgan fingerprint density at radius 3 is 2.67 bits per heavy atom. The van der Waals surface area contributed by atoms with Crippen LogP contribution in [0.3, 0.4) is 0 Å². The van der Waals surface area contributed by atoms with Crippen LogP contribution in [-0.2, 0) is 9.84 Å². The van der Waals surface area contributed by atoms with Crippen LogP contribution in [0.4, 0.5) is 0 Å². The van der Waals surface area contributed by atoms with Gasteiger partial charge in [0.2, 0.25) is 0 Å². The number of nitrogens with one attached hydrogen (secondary N) is 1. The summed E-state index contributed by atoms with van der Waals surface area (Å²) in [5.74, 6) is 0.996. The SMILES string of the molecule is CCS(=O)(=O)CCNCC1CCCC1Cl. The Morgan fingerprint density at radius 2 is 2.13 bits per heavy atom. The second kappa shape index (κ2) is 6.06. The summed E-state index contributed by atoms with van der Waals surface area (Å²) < 4.78 is 22.4. The van der Waals surface area contributed by atoms with Gasteiger partial charge >= 0.3 is 0 Å². The Hall–Kier alpha value is 0.200. The first kappa shape index (κ1) is 13.3. The van der Waals surface area contributed by atoms with Gasteiger partial charge in [0.25, 0.3) is 0 Å². The molecule has 0 radical (unpaired) electrons. The van der Waals surface area contributed by atoms with Gasteiger partial charge in [-0.1, -0.05) is 13.3 Å². The zero-order valence-corrected chi connectivity index (χ0v) is 10.8. The molecule has 90 valence electrons. The largest absolute Gasteiger partial charge is 0.315 e. The van der Waals surface area contributed by atoms with Crippen molar-refractivity contribution in [1.29, 1.82) is 0 Å². The standard InChI is InChI=1S/C10H20ClNO2S/c1-2-15(13,14)7-6-12-8-9-4-3-5-10(9)11/h9-10,12H,2-8H2,1H3. The van der Waals surface area contributed by atoms with Gasteiger partial charge in [-0.2, -0.15) is 0 Å². The summed E-state index contributed by atoms with van der Waals surface area (Å²) >= 11 is 6.12. The zero-order chi connectivity index (χ0) is 11.3. The van der Waals surface area contributed by atoms with Crippen molar-refractivity contribution >= 4 is 21.4 Å². The Bertz CT molecular complexity index is 279. The minimum absolute atomic E-state index is 0.232. The van der Waals surface area contributed by atoms with E-state index >= 15 is 0 Å². The van der Waals surface area contributed by atoms with E-state index in [1.807, 2.05) is 0 Å². The summed E-state index contributed by atoms with van der Waals surface area (Å²) in [6.07, 6.45) is 3.47. The molecule has 0 bridgehead atoms. The Labute approximate surface area is 97.5 Å².